The van der Waals surface area contributed by atoms with Gasteiger partial charge in [0.05, 0.1) is 53.7 Å². The summed E-state index contributed by atoms with van der Waals surface area (Å²) in [6.45, 7) is 16.8. The fourth-order valence-corrected chi connectivity index (χ4v) is 18.2. The molecule has 0 fully saturated rings. The van der Waals surface area contributed by atoms with Crippen LogP contribution in [0, 0.1) is 18.5 Å². The summed E-state index contributed by atoms with van der Waals surface area (Å²) in [6.07, 6.45) is 9.53. The first-order chi connectivity index (χ1) is 56.8. The molecule has 468 valence electrons. The van der Waals surface area contributed by atoms with Gasteiger partial charge in [-0.2, -0.15) is 18.2 Å². The fourth-order valence-electron chi connectivity index (χ4n) is 14.7. The third-order valence-corrected chi connectivity index (χ3v) is 23.6. The molecule has 0 radical (unpaired) electrons. The predicted molar refractivity (Wildman–Crippen MR) is 389 cm³/mol. The first-order valence-corrected chi connectivity index (χ1v) is 33.2. The van der Waals surface area contributed by atoms with Crippen LogP contribution in [0.25, 0.3) is 94.5 Å². The van der Waals surface area contributed by atoms with E-state index in [2.05, 4.69) is 76.0 Å². The third-order valence-electron chi connectivity index (χ3n) is 19.6. The smallest absolute Gasteiger partial charge is 0.268 e. The normalized spacial score (nSPS) is 19.9. The summed E-state index contributed by atoms with van der Waals surface area (Å²) < 4.78 is 275. The molecule has 1 atom stereocenters. The van der Waals surface area contributed by atoms with Gasteiger partial charge in [-0.1, -0.05) is 273 Å². The van der Waals surface area contributed by atoms with E-state index in [1.54, 1.807) is 63.2 Å². The van der Waals surface area contributed by atoms with E-state index < -0.39 is 225 Å². The van der Waals surface area contributed by atoms with Crippen LogP contribution in [-0.4, -0.2) is 22.2 Å². The Morgan fingerprint density at radius 2 is 1.09 bits per heavy atom. The summed E-state index contributed by atoms with van der Waals surface area (Å²) in [5.74, 6) is 1.19. The molecule has 0 saturated heterocycles. The Morgan fingerprint density at radius 3 is 1.76 bits per heavy atom. The van der Waals surface area contributed by atoms with E-state index in [1.807, 2.05) is 18.2 Å². The van der Waals surface area contributed by atoms with E-state index in [1.165, 1.54) is 38.0 Å². The van der Waals surface area contributed by atoms with Gasteiger partial charge in [-0.15, -0.1) is 29.7 Å². The SMILES string of the molecule is [2H]c1c([2H])c([2H])c([Si](c2c([2H])c([2H])c([2H])c([2H])c2[2H])(c2c([2H])c([2H])c([2H])c([2H])c2[2H])c2c([2H])c([2H])c([2H])c(-c3cc(C(C)(C)C)cc4c3-[n+]3[c-]n(-c5[c-]c(Oc6[c-]c7c(cc6)c6ccccc6n7-c6ncc7c8c6C(C)(C)CCC8(C)CCC7(C)C)ccc5)c5cccc(c53)-c3c([2H])c([2H])c([2H])c([2H])c3-c3c([2H])c([2H])c([2H])c([2H])c3-4)c2[2H])c([2H])c1[2H].[Pt]. The van der Waals surface area contributed by atoms with Gasteiger partial charge in [0.15, 0.2) is 8.07 Å². The molecule has 0 bridgehead atoms. The number of fused-ring (bicyclic) bond motifs is 10. The minimum absolute atomic E-state index is 0. The molecule has 3 aliphatic rings. The van der Waals surface area contributed by atoms with Crippen LogP contribution in [0.3, 0.4) is 0 Å². The van der Waals surface area contributed by atoms with Crippen molar-refractivity contribution in [1.29, 1.82) is 0 Å². The van der Waals surface area contributed by atoms with Crippen molar-refractivity contribution < 1.29 is 67.4 Å². The summed E-state index contributed by atoms with van der Waals surface area (Å²) in [5, 5.41) is -2.53. The Morgan fingerprint density at radius 1 is 0.526 bits per heavy atom. The number of aromatic nitrogens is 4. The van der Waals surface area contributed by atoms with Gasteiger partial charge in [-0.3, -0.25) is 4.57 Å². The summed E-state index contributed by atoms with van der Waals surface area (Å²) in [5.41, 5.74) is 0.937. The Balaban J connectivity index is 0.0000110. The van der Waals surface area contributed by atoms with Crippen LogP contribution in [0.1, 0.15) is 140 Å². The molecule has 0 N–H and O–H groups in total. The first kappa shape index (κ1) is 37.6. The van der Waals surface area contributed by atoms with E-state index >= 15 is 0 Å². The molecule has 1 unspecified atom stereocenters. The number of nitrogens with zero attached hydrogens (tertiary/aromatic N) is 4. The van der Waals surface area contributed by atoms with E-state index in [0.717, 1.165) is 47.8 Å². The predicted octanol–water partition coefficient (Wildman–Crippen LogP) is 18.6. The molecule has 0 amide bonds. The van der Waals surface area contributed by atoms with Crippen LogP contribution >= 0.6 is 0 Å². The molecule has 7 heteroatoms. The van der Waals surface area contributed by atoms with Crippen LogP contribution in [0.2, 0.25) is 0 Å². The van der Waals surface area contributed by atoms with Crippen molar-refractivity contribution in [2.24, 2.45) is 0 Å². The van der Waals surface area contributed by atoms with Gasteiger partial charge in [0.1, 0.15) is 5.82 Å². The molecular weight excluding hydrogens is 1350 g/mol. The Kier molecular flexibility index (Phi) is 8.95. The van der Waals surface area contributed by atoms with Crippen molar-refractivity contribution in [2.75, 3.05) is 0 Å². The zero-order chi connectivity index (χ0) is 87.4. The molecule has 1 aliphatic heterocycles. The standard InChI is InChI=1S/C88H74N4OSi.Pt/c1-85(2,3)59-52-74(58-27-24-36-66(51-58)94(63-30-12-9-13-31-63,64-32-14-10-15-33-64)65-34-16-11-17-35-65)82-75(53-59)70-40-21-19-38-68(70)67-37-18-20-39-69(67)73-42-26-44-78-83(73)91(82)57-90(78)60-28-25-29-61(54-60)93-62-45-46-72-71-41-22-23-43-77(71)92(79(72)55-62)84-81-80-76(56-89-84)86(4,5)47-49-88(80,8)50-48-87(81,6)7;/h9-46,51-53,56H,47-50H2,1-8H3;/q-2;/i9D,10D,11D,12D,13D,14D,15D,16D,17D,18D,19D,20D,21D,24D,27D,30D,31D,32D,33D,34D,35D,36D,37D,38D,39D,40D,51D;. The molecule has 95 heavy (non-hydrogen) atoms. The molecule has 5 nitrogen and oxygen atoms in total. The number of imidazole rings is 1. The topological polar surface area (TPSA) is 35.9 Å². The maximum atomic E-state index is 11.3. The number of para-hydroxylation sites is 2. The van der Waals surface area contributed by atoms with Gasteiger partial charge in [-0.25, -0.2) is 4.98 Å². The Bertz CT molecular complexity index is 6810. The van der Waals surface area contributed by atoms with E-state index in [9.17, 15) is 32.9 Å². The molecule has 14 aromatic rings. The van der Waals surface area contributed by atoms with Crippen molar-refractivity contribution >= 4 is 61.7 Å². The second-order valence-electron chi connectivity index (χ2n) is 27.1. The van der Waals surface area contributed by atoms with E-state index in [0.29, 0.717) is 5.52 Å². The van der Waals surface area contributed by atoms with Crippen molar-refractivity contribution in [2.45, 2.75) is 103 Å². The van der Waals surface area contributed by atoms with E-state index in [4.69, 9.17) is 13.8 Å². The van der Waals surface area contributed by atoms with Crippen LogP contribution in [0.5, 0.6) is 11.5 Å². The average molecular weight is 1450 g/mol. The second-order valence-corrected chi connectivity index (χ2v) is 30.6. The van der Waals surface area contributed by atoms with Crippen LogP contribution in [0.15, 0.2) is 254 Å². The van der Waals surface area contributed by atoms with Gasteiger partial charge < -0.3 is 13.9 Å². The zero-order valence-corrected chi connectivity index (χ0v) is 56.3. The van der Waals surface area contributed by atoms with Crippen molar-refractivity contribution in [3.63, 3.8) is 0 Å². The maximum absolute atomic E-state index is 11.3. The molecule has 0 saturated carbocycles. The molecule has 2 aliphatic carbocycles. The van der Waals surface area contributed by atoms with Crippen LogP contribution in [-0.2, 0) is 42.7 Å². The van der Waals surface area contributed by atoms with Crippen molar-refractivity contribution in [3.05, 3.63) is 295 Å². The molecule has 11 aromatic carbocycles. The number of pyridine rings is 1. The molecule has 4 heterocycles. The first-order valence-electron chi connectivity index (χ1n) is 44.7. The number of rotatable bonds is 9. The van der Waals surface area contributed by atoms with Gasteiger partial charge in [-0.05, 0) is 146 Å². The average Bonchev–Trinajstić information content (AvgIpc) is 0.910. The maximum Gasteiger partial charge on any atom is 0.268 e. The van der Waals surface area contributed by atoms with Crippen molar-refractivity contribution in [1.82, 2.24) is 14.1 Å². The third kappa shape index (κ3) is 9.55. The minimum atomic E-state index is -6.53. The summed E-state index contributed by atoms with van der Waals surface area (Å²) >= 11 is 0. The molecular formula is C88H74N4OPtSi-2. The summed E-state index contributed by atoms with van der Waals surface area (Å²) in [7, 11) is -6.53. The second kappa shape index (κ2) is 22.6. The Hall–Kier alpha value is -9.45. The zero-order valence-electron chi connectivity index (χ0n) is 80.0. The largest absolute Gasteiger partial charge is 0.510 e. The molecule has 0 spiro atoms. The van der Waals surface area contributed by atoms with Gasteiger partial charge in [0.25, 0.3) is 6.33 Å². The van der Waals surface area contributed by atoms with Gasteiger partial charge in [0, 0.05) is 49.8 Å². The fraction of sp³-hybridized carbons (Fsp3) is 0.182. The number of benzene rings is 11. The molecule has 3 aromatic heterocycles. The monoisotopic (exact) mass is 1450 g/mol. The van der Waals surface area contributed by atoms with Crippen LogP contribution < -0.4 is 30.1 Å². The van der Waals surface area contributed by atoms with Crippen molar-refractivity contribution in [3.8, 4) is 73.2 Å². The summed E-state index contributed by atoms with van der Waals surface area (Å²) in [6, 6.07) is 3.27. The van der Waals surface area contributed by atoms with E-state index in [-0.39, 0.29) is 93.5 Å². The number of hydrogen-bond acceptors (Lipinski definition) is 2. The molecule has 17 rings (SSSR count). The van der Waals surface area contributed by atoms with Gasteiger partial charge in [0.2, 0.25) is 0 Å². The number of ether oxygens (including phenoxy) is 1. The quantitative estimate of drug-likeness (QED) is 0.0625. The van der Waals surface area contributed by atoms with Crippen LogP contribution in [0.4, 0.5) is 0 Å². The number of hydrogen-bond donors (Lipinski definition) is 0. The Labute approximate surface area is 611 Å². The summed E-state index contributed by atoms with van der Waals surface area (Å²) in [4.78, 5) is 5.42. The van der Waals surface area contributed by atoms with Gasteiger partial charge >= 0.3 is 0 Å². The minimum Gasteiger partial charge on any atom is -0.510 e.